The molecule has 1 unspecified atom stereocenters. The van der Waals surface area contributed by atoms with Crippen molar-refractivity contribution in [2.24, 2.45) is 0 Å². The van der Waals surface area contributed by atoms with Crippen LogP contribution in [0.5, 0.6) is 0 Å². The molecule has 2 aromatic rings. The summed E-state index contributed by atoms with van der Waals surface area (Å²) in [4.78, 5) is 4.07. The third kappa shape index (κ3) is 2.46. The zero-order chi connectivity index (χ0) is 12.2. The van der Waals surface area contributed by atoms with Crippen LogP contribution in [-0.4, -0.2) is 34.3 Å². The van der Waals surface area contributed by atoms with Gasteiger partial charge in [-0.3, -0.25) is 4.98 Å². The van der Waals surface area contributed by atoms with Crippen molar-refractivity contribution in [1.82, 2.24) is 20.5 Å². The predicted molar refractivity (Wildman–Crippen MR) is 70.2 cm³/mol. The lowest BCUT2D eigenvalue weighted by molar-refractivity contribution is 0.783. The molecule has 0 amide bonds. The summed E-state index contributed by atoms with van der Waals surface area (Å²) >= 11 is 0. The fourth-order valence-electron chi connectivity index (χ4n) is 2.06. The lowest BCUT2D eigenvalue weighted by Crippen LogP contribution is -2.22. The van der Waals surface area contributed by atoms with Crippen molar-refractivity contribution >= 4 is 5.82 Å². The van der Waals surface area contributed by atoms with Gasteiger partial charge in [0.25, 0.3) is 0 Å². The molecule has 0 spiro atoms. The van der Waals surface area contributed by atoms with Gasteiger partial charge in [0.1, 0.15) is 5.82 Å². The summed E-state index contributed by atoms with van der Waals surface area (Å²) in [6, 6.07) is 8.27. The van der Waals surface area contributed by atoms with Crippen LogP contribution in [0.4, 0.5) is 5.82 Å². The predicted octanol–water partition coefficient (Wildman–Crippen LogP) is 1.31. The molecule has 3 heterocycles. The normalized spacial score (nSPS) is 18.8. The van der Waals surface area contributed by atoms with Crippen LogP contribution in [0.25, 0.3) is 11.3 Å². The van der Waals surface area contributed by atoms with Crippen molar-refractivity contribution in [3.63, 3.8) is 0 Å². The zero-order valence-electron chi connectivity index (χ0n) is 10.0. The van der Waals surface area contributed by atoms with Gasteiger partial charge in [-0.25, -0.2) is 0 Å². The fraction of sp³-hybridized carbons (Fsp3) is 0.308. The van der Waals surface area contributed by atoms with Gasteiger partial charge in [0, 0.05) is 30.5 Å². The average molecular weight is 241 g/mol. The number of hydrogen-bond donors (Lipinski definition) is 2. The minimum Gasteiger partial charge on any atom is -0.365 e. The highest BCUT2D eigenvalue weighted by Crippen LogP contribution is 2.16. The largest absolute Gasteiger partial charge is 0.365 e. The number of aromatic nitrogens is 3. The summed E-state index contributed by atoms with van der Waals surface area (Å²) in [5.41, 5.74) is 1.83. The van der Waals surface area contributed by atoms with E-state index in [1.54, 1.807) is 12.4 Å². The van der Waals surface area contributed by atoms with E-state index in [4.69, 9.17) is 0 Å². The smallest absolute Gasteiger partial charge is 0.148 e. The Hall–Kier alpha value is -2.01. The van der Waals surface area contributed by atoms with Crippen LogP contribution < -0.4 is 10.6 Å². The first-order valence-electron chi connectivity index (χ1n) is 6.13. The highest BCUT2D eigenvalue weighted by Gasteiger charge is 2.14. The van der Waals surface area contributed by atoms with Crippen LogP contribution in [0.2, 0.25) is 0 Å². The molecule has 0 radical (unpaired) electrons. The Morgan fingerprint density at radius 3 is 2.89 bits per heavy atom. The standard InChI is InChI=1S/C13H15N5/c1-2-10(8-14-6-1)12-3-4-13(18-17-12)16-11-5-7-15-9-11/h1-4,6,8,11,15H,5,7,9H2,(H,16,18). The van der Waals surface area contributed by atoms with Gasteiger partial charge >= 0.3 is 0 Å². The lowest BCUT2D eigenvalue weighted by Gasteiger charge is -2.11. The quantitative estimate of drug-likeness (QED) is 0.848. The third-order valence-electron chi connectivity index (χ3n) is 3.03. The van der Waals surface area contributed by atoms with E-state index in [0.29, 0.717) is 6.04 Å². The molecule has 5 heteroatoms. The van der Waals surface area contributed by atoms with Crippen molar-refractivity contribution in [1.29, 1.82) is 0 Å². The molecule has 0 bridgehead atoms. The molecule has 18 heavy (non-hydrogen) atoms. The van der Waals surface area contributed by atoms with Gasteiger partial charge in [0.15, 0.2) is 0 Å². The Morgan fingerprint density at radius 2 is 2.22 bits per heavy atom. The van der Waals surface area contributed by atoms with Gasteiger partial charge in [-0.05, 0) is 37.2 Å². The first-order chi connectivity index (χ1) is 8.92. The minimum atomic E-state index is 0.462. The topological polar surface area (TPSA) is 62.7 Å². The number of nitrogens with one attached hydrogen (secondary N) is 2. The Bertz CT molecular complexity index is 491. The van der Waals surface area contributed by atoms with E-state index in [1.165, 1.54) is 0 Å². The van der Waals surface area contributed by atoms with E-state index < -0.39 is 0 Å². The van der Waals surface area contributed by atoms with Crippen LogP contribution in [0.1, 0.15) is 6.42 Å². The van der Waals surface area contributed by atoms with Crippen molar-refractivity contribution in [2.45, 2.75) is 12.5 Å². The summed E-state index contributed by atoms with van der Waals surface area (Å²) in [7, 11) is 0. The first-order valence-corrected chi connectivity index (χ1v) is 6.13. The number of rotatable bonds is 3. The van der Waals surface area contributed by atoms with Gasteiger partial charge in [-0.15, -0.1) is 10.2 Å². The molecular weight excluding hydrogens is 226 g/mol. The van der Waals surface area contributed by atoms with Crippen LogP contribution in [0, 0.1) is 0 Å². The van der Waals surface area contributed by atoms with Gasteiger partial charge in [0.2, 0.25) is 0 Å². The summed E-state index contributed by atoms with van der Waals surface area (Å²) in [6.07, 6.45) is 4.67. The van der Waals surface area contributed by atoms with Gasteiger partial charge in [0.05, 0.1) is 5.69 Å². The average Bonchev–Trinajstić information content (AvgIpc) is 2.94. The van der Waals surface area contributed by atoms with Crippen LogP contribution in [-0.2, 0) is 0 Å². The van der Waals surface area contributed by atoms with Crippen molar-refractivity contribution < 1.29 is 0 Å². The molecule has 2 aromatic heterocycles. The second-order valence-electron chi connectivity index (χ2n) is 4.38. The highest BCUT2D eigenvalue weighted by atomic mass is 15.2. The maximum atomic E-state index is 4.22. The minimum absolute atomic E-state index is 0.462. The van der Waals surface area contributed by atoms with Crippen molar-refractivity contribution in [3.05, 3.63) is 36.7 Å². The number of hydrogen-bond acceptors (Lipinski definition) is 5. The zero-order valence-corrected chi connectivity index (χ0v) is 10.0. The summed E-state index contributed by atoms with van der Waals surface area (Å²) in [5.74, 6) is 0.830. The fourth-order valence-corrected chi connectivity index (χ4v) is 2.06. The summed E-state index contributed by atoms with van der Waals surface area (Å²) < 4.78 is 0. The highest BCUT2D eigenvalue weighted by molar-refractivity contribution is 5.58. The number of nitrogens with zero attached hydrogens (tertiary/aromatic N) is 3. The monoisotopic (exact) mass is 241 g/mol. The maximum absolute atomic E-state index is 4.22. The molecule has 2 N–H and O–H groups in total. The molecule has 3 rings (SSSR count). The second-order valence-corrected chi connectivity index (χ2v) is 4.38. The molecule has 5 nitrogen and oxygen atoms in total. The molecule has 1 atom stereocenters. The van der Waals surface area contributed by atoms with E-state index in [9.17, 15) is 0 Å². The van der Waals surface area contributed by atoms with E-state index in [0.717, 1.165) is 36.6 Å². The van der Waals surface area contributed by atoms with Crippen molar-refractivity contribution in [2.75, 3.05) is 18.4 Å². The van der Waals surface area contributed by atoms with Gasteiger partial charge in [-0.1, -0.05) is 0 Å². The van der Waals surface area contributed by atoms with E-state index >= 15 is 0 Å². The summed E-state index contributed by atoms with van der Waals surface area (Å²) in [5, 5.41) is 15.1. The van der Waals surface area contributed by atoms with Gasteiger partial charge in [-0.2, -0.15) is 0 Å². The molecule has 0 aromatic carbocycles. The Morgan fingerprint density at radius 1 is 1.22 bits per heavy atom. The van der Waals surface area contributed by atoms with Crippen LogP contribution in [0.15, 0.2) is 36.7 Å². The van der Waals surface area contributed by atoms with E-state index in [1.807, 2.05) is 24.3 Å². The lowest BCUT2D eigenvalue weighted by atomic mass is 10.2. The second kappa shape index (κ2) is 5.10. The molecule has 1 aliphatic heterocycles. The Labute approximate surface area is 106 Å². The van der Waals surface area contributed by atoms with Gasteiger partial charge < -0.3 is 10.6 Å². The Kier molecular flexibility index (Phi) is 3.14. The van der Waals surface area contributed by atoms with E-state index in [2.05, 4.69) is 25.8 Å². The molecule has 0 aliphatic carbocycles. The van der Waals surface area contributed by atoms with Crippen LogP contribution in [0.3, 0.4) is 0 Å². The third-order valence-corrected chi connectivity index (χ3v) is 3.03. The van der Waals surface area contributed by atoms with Crippen LogP contribution >= 0.6 is 0 Å². The number of anilines is 1. The van der Waals surface area contributed by atoms with Crippen molar-refractivity contribution in [3.8, 4) is 11.3 Å². The molecule has 1 fully saturated rings. The molecule has 92 valence electrons. The SMILES string of the molecule is c1cncc(-c2ccc(NC3CCNC3)nn2)c1. The molecule has 1 aliphatic rings. The Balaban J connectivity index is 1.72. The summed E-state index contributed by atoms with van der Waals surface area (Å²) in [6.45, 7) is 2.06. The van der Waals surface area contributed by atoms with E-state index in [-0.39, 0.29) is 0 Å². The maximum Gasteiger partial charge on any atom is 0.148 e. The molecule has 0 saturated carbocycles. The molecule has 1 saturated heterocycles. The number of pyridine rings is 1. The first kappa shape index (κ1) is 11.1. The molecular formula is C13H15N5.